The van der Waals surface area contributed by atoms with Crippen LogP contribution in [0.25, 0.3) is 11.0 Å². The molecule has 3 aromatic rings. The van der Waals surface area contributed by atoms with Gasteiger partial charge in [-0.2, -0.15) is 5.10 Å². The second-order valence-corrected chi connectivity index (χ2v) is 6.39. The highest BCUT2D eigenvalue weighted by molar-refractivity contribution is 6.30. The Kier molecular flexibility index (Phi) is 4.28. The number of carbonyl (C=O) groups excluding carboxylic acids is 1. The van der Waals surface area contributed by atoms with Crippen molar-refractivity contribution in [1.82, 2.24) is 19.7 Å². The molecule has 0 saturated carbocycles. The number of nitrogens with zero attached hydrogens (tertiary/aromatic N) is 4. The van der Waals surface area contributed by atoms with E-state index < -0.39 is 0 Å². The second kappa shape index (κ2) is 6.24. The number of rotatable bonds is 3. The van der Waals surface area contributed by atoms with Crippen LogP contribution in [0.5, 0.6) is 0 Å². The first-order valence-electron chi connectivity index (χ1n) is 7.70. The van der Waals surface area contributed by atoms with Crippen molar-refractivity contribution in [3.05, 3.63) is 58.4 Å². The van der Waals surface area contributed by atoms with Gasteiger partial charge in [0.25, 0.3) is 5.91 Å². The van der Waals surface area contributed by atoms with Crippen molar-refractivity contribution in [2.24, 2.45) is 7.05 Å². The Bertz CT molecular complexity index is 919. The molecule has 6 heteroatoms. The zero-order valence-corrected chi connectivity index (χ0v) is 14.9. The van der Waals surface area contributed by atoms with Crippen LogP contribution < -0.4 is 0 Å². The third-order valence-electron chi connectivity index (χ3n) is 4.34. The van der Waals surface area contributed by atoms with Crippen LogP contribution >= 0.6 is 11.6 Å². The molecule has 1 amide bonds. The van der Waals surface area contributed by atoms with Crippen molar-refractivity contribution in [3.8, 4) is 0 Å². The first-order chi connectivity index (χ1) is 11.4. The third kappa shape index (κ3) is 2.87. The summed E-state index contributed by atoms with van der Waals surface area (Å²) >= 11 is 6.05. The lowest BCUT2D eigenvalue weighted by atomic mass is 10.1. The fourth-order valence-electron chi connectivity index (χ4n) is 2.79. The summed E-state index contributed by atoms with van der Waals surface area (Å²) in [5.41, 5.74) is 3.18. The summed E-state index contributed by atoms with van der Waals surface area (Å²) in [6.45, 7) is 3.89. The SMILES string of the molecule is Cc1nn(C)c2ncc(C(=O)N(C)C(C)c3cccc(Cl)c3)cc12. The second-order valence-electron chi connectivity index (χ2n) is 5.95. The molecule has 1 atom stereocenters. The first-order valence-corrected chi connectivity index (χ1v) is 8.08. The van der Waals surface area contributed by atoms with Gasteiger partial charge in [-0.05, 0) is 37.6 Å². The van der Waals surface area contributed by atoms with Gasteiger partial charge in [0.15, 0.2) is 5.65 Å². The average Bonchev–Trinajstić information content (AvgIpc) is 2.86. The van der Waals surface area contributed by atoms with E-state index in [0.717, 1.165) is 22.3 Å². The molecule has 0 saturated heterocycles. The number of hydrogen-bond acceptors (Lipinski definition) is 3. The van der Waals surface area contributed by atoms with Crippen LogP contribution in [0.4, 0.5) is 0 Å². The van der Waals surface area contributed by atoms with E-state index >= 15 is 0 Å². The van der Waals surface area contributed by atoms with Gasteiger partial charge >= 0.3 is 0 Å². The molecule has 3 rings (SSSR count). The summed E-state index contributed by atoms with van der Waals surface area (Å²) in [5.74, 6) is -0.0832. The van der Waals surface area contributed by atoms with E-state index in [2.05, 4.69) is 10.1 Å². The zero-order chi connectivity index (χ0) is 17.4. The van der Waals surface area contributed by atoms with E-state index in [4.69, 9.17) is 11.6 Å². The molecular weight excluding hydrogens is 324 g/mol. The topological polar surface area (TPSA) is 51.0 Å². The van der Waals surface area contributed by atoms with Crippen LogP contribution in [-0.2, 0) is 7.05 Å². The monoisotopic (exact) mass is 342 g/mol. The molecule has 0 fully saturated rings. The Morgan fingerprint density at radius 2 is 2.08 bits per heavy atom. The molecule has 0 aliphatic carbocycles. The molecule has 1 unspecified atom stereocenters. The van der Waals surface area contributed by atoms with Crippen LogP contribution in [0.2, 0.25) is 5.02 Å². The standard InChI is InChI=1S/C18H19ClN4O/c1-11-16-9-14(10-20-17(16)23(4)21-11)18(24)22(3)12(2)13-6-5-7-15(19)8-13/h5-10,12H,1-4H3. The van der Waals surface area contributed by atoms with Gasteiger partial charge in [-0.1, -0.05) is 23.7 Å². The summed E-state index contributed by atoms with van der Waals surface area (Å²) in [6, 6.07) is 9.31. The van der Waals surface area contributed by atoms with Gasteiger partial charge in [0.05, 0.1) is 17.3 Å². The van der Waals surface area contributed by atoms with E-state index in [9.17, 15) is 4.79 Å². The highest BCUT2D eigenvalue weighted by Crippen LogP contribution is 2.24. The van der Waals surface area contributed by atoms with Crippen LogP contribution in [-0.4, -0.2) is 32.6 Å². The molecule has 5 nitrogen and oxygen atoms in total. The zero-order valence-electron chi connectivity index (χ0n) is 14.1. The van der Waals surface area contributed by atoms with Crippen molar-refractivity contribution in [2.45, 2.75) is 19.9 Å². The molecule has 0 aliphatic heterocycles. The highest BCUT2D eigenvalue weighted by Gasteiger charge is 2.20. The lowest BCUT2D eigenvalue weighted by Gasteiger charge is -2.25. The fourth-order valence-corrected chi connectivity index (χ4v) is 2.99. The normalized spacial score (nSPS) is 12.4. The highest BCUT2D eigenvalue weighted by atomic mass is 35.5. The Morgan fingerprint density at radius 3 is 2.79 bits per heavy atom. The maximum Gasteiger partial charge on any atom is 0.255 e. The first kappa shape index (κ1) is 16.5. The van der Waals surface area contributed by atoms with E-state index in [1.165, 1.54) is 0 Å². The number of aryl methyl sites for hydroxylation is 2. The molecule has 0 spiro atoms. The Balaban J connectivity index is 1.91. The molecule has 124 valence electrons. The summed E-state index contributed by atoms with van der Waals surface area (Å²) < 4.78 is 1.72. The number of pyridine rings is 1. The van der Waals surface area contributed by atoms with Gasteiger partial charge in [-0.25, -0.2) is 4.98 Å². The van der Waals surface area contributed by atoms with Crippen molar-refractivity contribution >= 4 is 28.5 Å². The predicted molar refractivity (Wildman–Crippen MR) is 95.2 cm³/mol. The lowest BCUT2D eigenvalue weighted by Crippen LogP contribution is -2.29. The van der Waals surface area contributed by atoms with Crippen LogP contribution in [0.15, 0.2) is 36.5 Å². The van der Waals surface area contributed by atoms with Crippen LogP contribution in [0.3, 0.4) is 0 Å². The third-order valence-corrected chi connectivity index (χ3v) is 4.58. The molecule has 24 heavy (non-hydrogen) atoms. The van der Waals surface area contributed by atoms with E-state index in [1.54, 1.807) is 22.8 Å². The number of aromatic nitrogens is 3. The minimum absolute atomic E-state index is 0.0832. The largest absolute Gasteiger partial charge is 0.335 e. The van der Waals surface area contributed by atoms with Crippen LogP contribution in [0.1, 0.15) is 34.6 Å². The summed E-state index contributed by atoms with van der Waals surface area (Å²) in [6.07, 6.45) is 1.60. The molecule has 0 N–H and O–H groups in total. The Morgan fingerprint density at radius 1 is 1.33 bits per heavy atom. The van der Waals surface area contributed by atoms with E-state index in [1.807, 2.05) is 51.2 Å². The molecule has 2 aromatic heterocycles. The minimum atomic E-state index is -0.0955. The van der Waals surface area contributed by atoms with Crippen molar-refractivity contribution in [2.75, 3.05) is 7.05 Å². The van der Waals surface area contributed by atoms with Crippen molar-refractivity contribution in [3.63, 3.8) is 0 Å². The number of carbonyl (C=O) groups is 1. The fraction of sp³-hybridized carbons (Fsp3) is 0.278. The van der Waals surface area contributed by atoms with E-state index in [-0.39, 0.29) is 11.9 Å². The van der Waals surface area contributed by atoms with Crippen molar-refractivity contribution < 1.29 is 4.79 Å². The number of fused-ring (bicyclic) bond motifs is 1. The summed E-state index contributed by atoms with van der Waals surface area (Å²) in [5, 5.41) is 5.90. The maximum absolute atomic E-state index is 12.8. The van der Waals surface area contributed by atoms with Gasteiger partial charge in [0.1, 0.15) is 0 Å². The van der Waals surface area contributed by atoms with E-state index in [0.29, 0.717) is 10.6 Å². The van der Waals surface area contributed by atoms with Crippen molar-refractivity contribution in [1.29, 1.82) is 0 Å². The number of amides is 1. The number of hydrogen-bond donors (Lipinski definition) is 0. The summed E-state index contributed by atoms with van der Waals surface area (Å²) in [4.78, 5) is 18.9. The van der Waals surface area contributed by atoms with Gasteiger partial charge < -0.3 is 4.90 Å². The molecule has 1 aromatic carbocycles. The van der Waals surface area contributed by atoms with Gasteiger partial charge in [-0.15, -0.1) is 0 Å². The quantitative estimate of drug-likeness (QED) is 0.728. The predicted octanol–water partition coefficient (Wildman–Crippen LogP) is 3.76. The number of halogens is 1. The van der Waals surface area contributed by atoms with Gasteiger partial charge in [0, 0.05) is 30.7 Å². The van der Waals surface area contributed by atoms with Crippen LogP contribution in [0, 0.1) is 6.92 Å². The molecule has 2 heterocycles. The van der Waals surface area contributed by atoms with Gasteiger partial charge in [-0.3, -0.25) is 9.48 Å². The number of benzene rings is 1. The molecular formula is C18H19ClN4O. The Hall–Kier alpha value is -2.40. The lowest BCUT2D eigenvalue weighted by molar-refractivity contribution is 0.0742. The molecule has 0 radical (unpaired) electrons. The maximum atomic E-state index is 12.8. The molecule has 0 aliphatic rings. The molecule has 0 bridgehead atoms. The summed E-state index contributed by atoms with van der Waals surface area (Å²) in [7, 11) is 3.63. The smallest absolute Gasteiger partial charge is 0.255 e. The minimum Gasteiger partial charge on any atom is -0.335 e. The van der Waals surface area contributed by atoms with Gasteiger partial charge in [0.2, 0.25) is 0 Å². The Labute approximate surface area is 145 Å². The average molecular weight is 343 g/mol.